The molecule has 3 heterocycles. The fourth-order valence-corrected chi connectivity index (χ4v) is 3.67. The van der Waals surface area contributed by atoms with E-state index in [0.717, 1.165) is 29.7 Å². The van der Waals surface area contributed by atoms with Crippen molar-refractivity contribution in [3.63, 3.8) is 0 Å². The number of aryl methyl sites for hydroxylation is 5. The van der Waals surface area contributed by atoms with Crippen molar-refractivity contribution < 1.29 is 38.5 Å². The topological polar surface area (TPSA) is 132 Å². The second kappa shape index (κ2) is 12.5. The van der Waals surface area contributed by atoms with Gasteiger partial charge in [-0.1, -0.05) is 25.6 Å². The van der Waals surface area contributed by atoms with E-state index in [9.17, 15) is 29.7 Å². The van der Waals surface area contributed by atoms with Crippen LogP contribution in [0.5, 0.6) is 11.5 Å². The number of halogens is 2. The summed E-state index contributed by atoms with van der Waals surface area (Å²) >= 11 is 0. The highest BCUT2D eigenvalue weighted by Crippen LogP contribution is 2.19. The summed E-state index contributed by atoms with van der Waals surface area (Å²) in [6, 6.07) is 6.42. The molecule has 0 amide bonds. The maximum atomic E-state index is 12.3. The molecule has 10 nitrogen and oxygen atoms in total. The third-order valence-electron chi connectivity index (χ3n) is 4.51. The minimum Gasteiger partial charge on any atom is -0.506 e. The molecule has 0 aliphatic heterocycles. The average molecular weight is 536 g/mol. The molecule has 0 saturated carbocycles. The average Bonchev–Trinajstić information content (AvgIpc) is 3.10. The van der Waals surface area contributed by atoms with Crippen LogP contribution in [0.2, 0.25) is 0 Å². The molecule has 0 atom stereocenters. The molecule has 1 N–H and O–H groups in total. The lowest BCUT2D eigenvalue weighted by Gasteiger charge is -2.05. The van der Waals surface area contributed by atoms with Gasteiger partial charge in [-0.2, -0.15) is 16.8 Å². The molecular formula is C21H29F2N4O6S2+. The van der Waals surface area contributed by atoms with E-state index in [4.69, 9.17) is 0 Å². The normalized spacial score (nSPS) is 11.1. The predicted molar refractivity (Wildman–Crippen MR) is 125 cm³/mol. The van der Waals surface area contributed by atoms with Gasteiger partial charge in [-0.3, -0.25) is 9.97 Å². The van der Waals surface area contributed by atoms with E-state index >= 15 is 0 Å². The second-order valence-electron chi connectivity index (χ2n) is 7.19. The van der Waals surface area contributed by atoms with Crippen molar-refractivity contribution in [1.29, 1.82) is 0 Å². The van der Waals surface area contributed by atoms with Crippen LogP contribution in [0.15, 0.2) is 36.7 Å². The molecule has 0 aliphatic carbocycles. The van der Waals surface area contributed by atoms with Crippen molar-refractivity contribution in [2.24, 2.45) is 7.05 Å². The largest absolute Gasteiger partial charge is 0.506 e. The number of aromatic hydroxyl groups is 1. The summed E-state index contributed by atoms with van der Waals surface area (Å²) in [7, 11) is -7.94. The van der Waals surface area contributed by atoms with Gasteiger partial charge in [0.05, 0.1) is 18.4 Å². The Morgan fingerprint density at radius 3 is 1.83 bits per heavy atom. The smallest absolute Gasteiger partial charge is 0.488 e. The standard InChI is InChI=1S/C8H10FNO3S.C8H11NO.C5H8FN2O2S/c1-3-7-8(13-14(9,11)12)5-4-6(2)10-7;1-3-7-8(10)5-4-6(2)9-7;1-5-7(2)3-4-8(5)11(6,9)10/h4-5H,3H2,1-2H3;4-5,10H,3H2,1-2H3;3-4H,1-2H3/q;;+1. The van der Waals surface area contributed by atoms with Gasteiger partial charge in [0.1, 0.15) is 18.1 Å². The van der Waals surface area contributed by atoms with Gasteiger partial charge in [0, 0.05) is 18.3 Å². The summed E-state index contributed by atoms with van der Waals surface area (Å²) < 4.78 is 71.9. The zero-order valence-corrected chi connectivity index (χ0v) is 21.9. The molecule has 0 unspecified atom stereocenters. The number of hydrogen-bond donors (Lipinski definition) is 1. The van der Waals surface area contributed by atoms with Crippen LogP contribution < -0.4 is 8.75 Å². The minimum absolute atomic E-state index is 0.0550. The molecule has 14 heteroatoms. The summed E-state index contributed by atoms with van der Waals surface area (Å²) in [5.74, 6) is 0.571. The Morgan fingerprint density at radius 2 is 1.46 bits per heavy atom. The van der Waals surface area contributed by atoms with Gasteiger partial charge >= 0.3 is 20.9 Å². The number of aromatic nitrogens is 4. The van der Waals surface area contributed by atoms with Gasteiger partial charge in [-0.15, -0.1) is 0 Å². The van der Waals surface area contributed by atoms with Crippen LogP contribution in [0.3, 0.4) is 0 Å². The van der Waals surface area contributed by atoms with Gasteiger partial charge in [0.2, 0.25) is 0 Å². The number of hydrogen-bond acceptors (Lipinski definition) is 8. The molecule has 0 bridgehead atoms. The third-order valence-corrected chi connectivity index (χ3v) is 5.74. The molecule has 3 aromatic heterocycles. The summed E-state index contributed by atoms with van der Waals surface area (Å²) in [5.41, 5.74) is 2.88. The van der Waals surface area contributed by atoms with Crippen LogP contribution >= 0.6 is 0 Å². The van der Waals surface area contributed by atoms with E-state index in [0.29, 0.717) is 27.7 Å². The second-order valence-corrected chi connectivity index (χ2v) is 9.36. The van der Waals surface area contributed by atoms with Crippen molar-refractivity contribution in [3.05, 3.63) is 65.3 Å². The molecule has 0 aromatic carbocycles. The number of rotatable bonds is 5. The lowest BCUT2D eigenvalue weighted by atomic mass is 10.2. The highest BCUT2D eigenvalue weighted by Gasteiger charge is 2.22. The first-order valence-electron chi connectivity index (χ1n) is 10.3. The fraction of sp³-hybridized carbons (Fsp3) is 0.381. The van der Waals surface area contributed by atoms with Crippen molar-refractivity contribution in [3.8, 4) is 11.5 Å². The Kier molecular flexibility index (Phi) is 10.7. The molecule has 0 spiro atoms. The maximum absolute atomic E-state index is 12.3. The van der Waals surface area contributed by atoms with Gasteiger partial charge in [0.25, 0.3) is 5.82 Å². The maximum Gasteiger partial charge on any atom is 0.488 e. The van der Waals surface area contributed by atoms with Crippen molar-refractivity contribution >= 4 is 20.9 Å². The van der Waals surface area contributed by atoms with E-state index in [2.05, 4.69) is 14.2 Å². The lowest BCUT2D eigenvalue weighted by Crippen LogP contribution is -2.30. The van der Waals surface area contributed by atoms with Crippen LogP contribution in [0, 0.1) is 20.8 Å². The van der Waals surface area contributed by atoms with Crippen molar-refractivity contribution in [1.82, 2.24) is 13.9 Å². The van der Waals surface area contributed by atoms with Gasteiger partial charge in [0.15, 0.2) is 5.75 Å². The number of imidazole rings is 1. The lowest BCUT2D eigenvalue weighted by molar-refractivity contribution is -0.676. The number of nitrogens with zero attached hydrogens (tertiary/aromatic N) is 4. The van der Waals surface area contributed by atoms with E-state index in [1.165, 1.54) is 23.8 Å². The summed E-state index contributed by atoms with van der Waals surface area (Å²) in [5, 5.41) is 9.17. The monoisotopic (exact) mass is 535 g/mol. The molecule has 0 aliphatic rings. The Morgan fingerprint density at radius 1 is 0.943 bits per heavy atom. The molecule has 35 heavy (non-hydrogen) atoms. The van der Waals surface area contributed by atoms with E-state index < -0.39 is 20.9 Å². The van der Waals surface area contributed by atoms with Gasteiger partial charge in [-0.25, -0.2) is 4.57 Å². The quantitative estimate of drug-likeness (QED) is 0.390. The fourth-order valence-electron chi connectivity index (χ4n) is 2.66. The molecule has 0 saturated heterocycles. The SMILES string of the molecule is CCc1nc(C)ccc1O.CCc1nc(C)ccc1OS(=O)(=O)F.Cc1n(S(=O)(=O)F)cc[n+]1C. The summed E-state index contributed by atoms with van der Waals surface area (Å²) in [4.78, 5) is 8.16. The van der Waals surface area contributed by atoms with Crippen LogP contribution in [-0.4, -0.2) is 35.9 Å². The zero-order chi connectivity index (χ0) is 27.0. The van der Waals surface area contributed by atoms with Crippen LogP contribution in [-0.2, 0) is 40.8 Å². The van der Waals surface area contributed by atoms with Crippen molar-refractivity contribution in [2.45, 2.75) is 47.5 Å². The van der Waals surface area contributed by atoms with E-state index in [1.54, 1.807) is 39.1 Å². The third kappa shape index (κ3) is 9.94. The van der Waals surface area contributed by atoms with Crippen LogP contribution in [0.25, 0.3) is 0 Å². The van der Waals surface area contributed by atoms with Crippen LogP contribution in [0.4, 0.5) is 7.77 Å². The Labute approximate surface area is 204 Å². The highest BCUT2D eigenvalue weighted by atomic mass is 32.3. The minimum atomic E-state index is -4.96. The zero-order valence-electron chi connectivity index (χ0n) is 20.2. The first-order valence-corrected chi connectivity index (χ1v) is 13.0. The Hall–Kier alpha value is -3.13. The van der Waals surface area contributed by atoms with E-state index in [-0.39, 0.29) is 5.75 Å². The molecule has 0 radical (unpaired) electrons. The molecule has 3 rings (SSSR count). The summed E-state index contributed by atoms with van der Waals surface area (Å²) in [6.07, 6.45) is 3.89. The Bertz CT molecular complexity index is 1360. The predicted octanol–water partition coefficient (Wildman–Crippen LogP) is 2.89. The Balaban J connectivity index is 0.000000267. The molecular weight excluding hydrogens is 506 g/mol. The molecule has 3 aromatic rings. The first kappa shape index (κ1) is 29.9. The first-order chi connectivity index (χ1) is 16.1. The van der Waals surface area contributed by atoms with E-state index in [1.807, 2.05) is 13.8 Å². The summed E-state index contributed by atoms with van der Waals surface area (Å²) in [6.45, 7) is 8.93. The van der Waals surface area contributed by atoms with Crippen LogP contribution in [0.1, 0.15) is 42.4 Å². The highest BCUT2D eigenvalue weighted by molar-refractivity contribution is 7.84. The number of pyridine rings is 2. The molecule has 194 valence electrons. The molecule has 0 fully saturated rings. The van der Waals surface area contributed by atoms with Crippen molar-refractivity contribution in [2.75, 3.05) is 0 Å². The van der Waals surface area contributed by atoms with Gasteiger partial charge in [-0.05, 0) is 51.0 Å². The van der Waals surface area contributed by atoms with Gasteiger partial charge < -0.3 is 9.29 Å².